The summed E-state index contributed by atoms with van der Waals surface area (Å²) in [4.78, 5) is 28.3. The number of hydrogen-bond donors (Lipinski definition) is 1. The molecule has 2 amide bonds. The lowest BCUT2D eigenvalue weighted by atomic mass is 9.89. The van der Waals surface area contributed by atoms with Crippen LogP contribution in [-0.2, 0) is 14.3 Å². The minimum Gasteiger partial charge on any atom is -0.383 e. The van der Waals surface area contributed by atoms with Crippen LogP contribution in [0, 0.1) is 11.7 Å². The number of carbonyl (C=O) groups is 2. The molecule has 7 heteroatoms. The summed E-state index contributed by atoms with van der Waals surface area (Å²) in [6, 6.07) is 6.43. The Morgan fingerprint density at radius 2 is 2.00 bits per heavy atom. The number of hydrogen-bond acceptors (Lipinski definition) is 4. The lowest BCUT2D eigenvalue weighted by Crippen LogP contribution is -2.56. The van der Waals surface area contributed by atoms with Gasteiger partial charge in [0.2, 0.25) is 11.8 Å². The highest BCUT2D eigenvalue weighted by molar-refractivity contribution is 5.84. The second-order valence-corrected chi connectivity index (χ2v) is 6.54. The van der Waals surface area contributed by atoms with E-state index in [1.165, 1.54) is 6.07 Å². The van der Waals surface area contributed by atoms with Crippen LogP contribution in [0.25, 0.3) is 0 Å². The summed E-state index contributed by atoms with van der Waals surface area (Å²) in [5.74, 6) is -0.471. The minimum absolute atomic E-state index is 0.0320. The number of piperidine rings is 1. The molecule has 136 valence electrons. The predicted octanol–water partition coefficient (Wildman–Crippen LogP) is 1.02. The Balaban J connectivity index is 1.61. The first kappa shape index (κ1) is 17.7. The third-order valence-corrected chi connectivity index (χ3v) is 4.96. The van der Waals surface area contributed by atoms with Gasteiger partial charge in [0.25, 0.3) is 0 Å². The van der Waals surface area contributed by atoms with Gasteiger partial charge in [-0.1, -0.05) is 12.1 Å². The smallest absolute Gasteiger partial charge is 0.227 e. The molecular weight excluding hydrogens is 325 g/mol. The Kier molecular flexibility index (Phi) is 5.53. The molecule has 0 aromatic heterocycles. The lowest BCUT2D eigenvalue weighted by Gasteiger charge is -2.40. The molecule has 2 unspecified atom stereocenters. The molecule has 3 rings (SSSR count). The highest BCUT2D eigenvalue weighted by Gasteiger charge is 2.37. The van der Waals surface area contributed by atoms with Gasteiger partial charge < -0.3 is 19.9 Å². The van der Waals surface area contributed by atoms with E-state index in [2.05, 4.69) is 5.32 Å². The van der Waals surface area contributed by atoms with Crippen molar-refractivity contribution >= 4 is 17.5 Å². The van der Waals surface area contributed by atoms with Gasteiger partial charge >= 0.3 is 0 Å². The molecule has 2 aliphatic heterocycles. The number of para-hydroxylation sites is 1. The molecule has 2 saturated heterocycles. The van der Waals surface area contributed by atoms with Gasteiger partial charge in [0.1, 0.15) is 5.82 Å². The number of anilines is 1. The van der Waals surface area contributed by atoms with E-state index < -0.39 is 0 Å². The van der Waals surface area contributed by atoms with Gasteiger partial charge in [-0.25, -0.2) is 4.39 Å². The molecular formula is C18H24FN3O3. The first-order valence-electron chi connectivity index (χ1n) is 8.66. The maximum absolute atomic E-state index is 13.9. The summed E-state index contributed by atoms with van der Waals surface area (Å²) in [7, 11) is 1.56. The Morgan fingerprint density at radius 3 is 2.68 bits per heavy atom. The van der Waals surface area contributed by atoms with Crippen molar-refractivity contribution in [2.75, 3.05) is 44.8 Å². The maximum atomic E-state index is 13.9. The van der Waals surface area contributed by atoms with Gasteiger partial charge in [0, 0.05) is 39.7 Å². The molecule has 2 atom stereocenters. The first-order chi connectivity index (χ1) is 12.1. The SMILES string of the molecule is COCC1NC(=O)CCC1C(=O)N1CCN(c2ccccc2F)CC1. The fraction of sp³-hybridized carbons (Fsp3) is 0.556. The number of carbonyl (C=O) groups excluding carboxylic acids is 2. The molecule has 1 aromatic rings. The van der Waals surface area contributed by atoms with Gasteiger partial charge in [-0.15, -0.1) is 0 Å². The zero-order valence-electron chi connectivity index (χ0n) is 14.4. The molecule has 0 aliphatic carbocycles. The molecule has 2 fully saturated rings. The van der Waals surface area contributed by atoms with Crippen molar-refractivity contribution in [2.24, 2.45) is 5.92 Å². The van der Waals surface area contributed by atoms with Crippen LogP contribution in [0.3, 0.4) is 0 Å². The van der Waals surface area contributed by atoms with Crippen LogP contribution in [0.2, 0.25) is 0 Å². The van der Waals surface area contributed by atoms with Crippen LogP contribution in [0.5, 0.6) is 0 Å². The van der Waals surface area contributed by atoms with Crippen molar-refractivity contribution < 1.29 is 18.7 Å². The Bertz CT molecular complexity index is 632. The molecule has 25 heavy (non-hydrogen) atoms. The molecule has 0 saturated carbocycles. The molecule has 2 heterocycles. The van der Waals surface area contributed by atoms with Gasteiger partial charge in [-0.2, -0.15) is 0 Å². The van der Waals surface area contributed by atoms with Crippen molar-refractivity contribution in [1.82, 2.24) is 10.2 Å². The summed E-state index contributed by atoms with van der Waals surface area (Å²) in [6.45, 7) is 2.63. The van der Waals surface area contributed by atoms with Crippen molar-refractivity contribution in [1.29, 1.82) is 0 Å². The third kappa shape index (κ3) is 3.92. The van der Waals surface area contributed by atoms with E-state index in [9.17, 15) is 14.0 Å². The minimum atomic E-state index is -0.275. The predicted molar refractivity (Wildman–Crippen MR) is 91.7 cm³/mol. The second kappa shape index (κ2) is 7.82. The largest absolute Gasteiger partial charge is 0.383 e. The van der Waals surface area contributed by atoms with Crippen LogP contribution >= 0.6 is 0 Å². The number of amides is 2. The fourth-order valence-corrected chi connectivity index (χ4v) is 3.61. The molecule has 0 radical (unpaired) electrons. The van der Waals surface area contributed by atoms with Crippen molar-refractivity contribution in [2.45, 2.75) is 18.9 Å². The first-order valence-corrected chi connectivity index (χ1v) is 8.66. The van der Waals surface area contributed by atoms with Gasteiger partial charge in [0.15, 0.2) is 0 Å². The normalized spacial score (nSPS) is 24.2. The van der Waals surface area contributed by atoms with E-state index in [0.29, 0.717) is 51.3 Å². The molecule has 0 spiro atoms. The Labute approximate surface area is 146 Å². The molecule has 1 N–H and O–H groups in total. The number of halogens is 1. The summed E-state index contributed by atoms with van der Waals surface area (Å²) in [5.41, 5.74) is 0.580. The summed E-state index contributed by atoms with van der Waals surface area (Å²) in [6.07, 6.45) is 0.915. The molecule has 2 aliphatic rings. The second-order valence-electron chi connectivity index (χ2n) is 6.54. The zero-order chi connectivity index (χ0) is 17.8. The average molecular weight is 349 g/mol. The summed E-state index contributed by atoms with van der Waals surface area (Å²) >= 11 is 0. The van der Waals surface area contributed by atoms with Crippen LogP contribution in [0.1, 0.15) is 12.8 Å². The summed E-state index contributed by atoms with van der Waals surface area (Å²) < 4.78 is 19.1. The fourth-order valence-electron chi connectivity index (χ4n) is 3.61. The standard InChI is InChI=1S/C18H24FN3O3/c1-25-12-15-13(6-7-17(23)20-15)18(24)22-10-8-21(9-11-22)16-5-3-2-4-14(16)19/h2-5,13,15H,6-12H2,1H3,(H,20,23). The van der Waals surface area contributed by atoms with E-state index >= 15 is 0 Å². The number of nitrogens with one attached hydrogen (secondary N) is 1. The quantitative estimate of drug-likeness (QED) is 0.882. The van der Waals surface area contributed by atoms with Crippen LogP contribution in [0.15, 0.2) is 24.3 Å². The number of ether oxygens (including phenoxy) is 1. The van der Waals surface area contributed by atoms with E-state index in [0.717, 1.165) is 0 Å². The molecule has 0 bridgehead atoms. The third-order valence-electron chi connectivity index (χ3n) is 4.96. The van der Waals surface area contributed by atoms with E-state index in [1.807, 2.05) is 15.9 Å². The maximum Gasteiger partial charge on any atom is 0.227 e. The van der Waals surface area contributed by atoms with E-state index in [1.54, 1.807) is 19.2 Å². The van der Waals surface area contributed by atoms with Gasteiger partial charge in [-0.05, 0) is 18.6 Å². The highest BCUT2D eigenvalue weighted by Crippen LogP contribution is 2.24. The monoisotopic (exact) mass is 349 g/mol. The summed E-state index contributed by atoms with van der Waals surface area (Å²) in [5, 5.41) is 2.86. The number of benzene rings is 1. The number of piperazine rings is 1. The zero-order valence-corrected chi connectivity index (χ0v) is 14.4. The highest BCUT2D eigenvalue weighted by atomic mass is 19.1. The van der Waals surface area contributed by atoms with Crippen LogP contribution in [-0.4, -0.2) is 62.7 Å². The van der Waals surface area contributed by atoms with Crippen LogP contribution in [0.4, 0.5) is 10.1 Å². The Morgan fingerprint density at radius 1 is 1.28 bits per heavy atom. The van der Waals surface area contributed by atoms with Gasteiger partial charge in [-0.3, -0.25) is 9.59 Å². The number of rotatable bonds is 4. The number of nitrogens with zero attached hydrogens (tertiary/aromatic N) is 2. The Hall–Kier alpha value is -2.15. The average Bonchev–Trinajstić information content (AvgIpc) is 2.62. The van der Waals surface area contributed by atoms with Gasteiger partial charge in [0.05, 0.1) is 24.3 Å². The van der Waals surface area contributed by atoms with Crippen molar-refractivity contribution in [3.63, 3.8) is 0 Å². The number of methoxy groups -OCH3 is 1. The van der Waals surface area contributed by atoms with E-state index in [-0.39, 0.29) is 29.6 Å². The molecule has 6 nitrogen and oxygen atoms in total. The lowest BCUT2D eigenvalue weighted by molar-refractivity contribution is -0.140. The van der Waals surface area contributed by atoms with Crippen molar-refractivity contribution in [3.8, 4) is 0 Å². The van der Waals surface area contributed by atoms with Crippen LogP contribution < -0.4 is 10.2 Å². The molecule has 1 aromatic carbocycles. The van der Waals surface area contributed by atoms with E-state index in [4.69, 9.17) is 4.74 Å². The topological polar surface area (TPSA) is 61.9 Å². The van der Waals surface area contributed by atoms with Crippen molar-refractivity contribution in [3.05, 3.63) is 30.1 Å².